The Labute approximate surface area is 164 Å². The Morgan fingerprint density at radius 1 is 1.04 bits per heavy atom. The van der Waals surface area contributed by atoms with Crippen molar-refractivity contribution in [1.29, 1.82) is 0 Å². The van der Waals surface area contributed by atoms with Crippen molar-refractivity contribution in [3.8, 4) is 0 Å². The van der Waals surface area contributed by atoms with Crippen LogP contribution in [0.3, 0.4) is 0 Å². The van der Waals surface area contributed by atoms with Gasteiger partial charge in [0.1, 0.15) is 12.4 Å². The number of aromatic amines is 1. The standard InChI is InChI=1S/C23H24N2O3/c26-19-11-13-25(14-12-19)22-8-4-7-21-20(22)15-18(24-21)9-10-23(27)28-16-17-5-2-1-3-6-17/h1-8,15,24H,9-14,16H2. The zero-order valence-electron chi connectivity index (χ0n) is 15.8. The lowest BCUT2D eigenvalue weighted by molar-refractivity contribution is -0.144. The van der Waals surface area contributed by atoms with Crippen molar-refractivity contribution < 1.29 is 14.3 Å². The molecule has 0 unspecified atom stereocenters. The Bertz CT molecular complexity index is 968. The average Bonchev–Trinajstić information content (AvgIpc) is 3.15. The highest BCUT2D eigenvalue weighted by Gasteiger charge is 2.19. The van der Waals surface area contributed by atoms with Gasteiger partial charge < -0.3 is 14.6 Å². The molecule has 0 spiro atoms. The molecule has 28 heavy (non-hydrogen) atoms. The van der Waals surface area contributed by atoms with E-state index in [0.29, 0.717) is 38.1 Å². The Hall–Kier alpha value is -3.08. The molecule has 1 aliphatic rings. The number of hydrogen-bond acceptors (Lipinski definition) is 4. The molecule has 1 fully saturated rings. The van der Waals surface area contributed by atoms with Gasteiger partial charge in [0, 0.05) is 48.2 Å². The summed E-state index contributed by atoms with van der Waals surface area (Å²) in [4.78, 5) is 29.3. The van der Waals surface area contributed by atoms with Gasteiger partial charge in [-0.15, -0.1) is 0 Å². The first-order chi connectivity index (χ1) is 13.7. The van der Waals surface area contributed by atoms with E-state index in [1.54, 1.807) is 0 Å². The predicted molar refractivity (Wildman–Crippen MR) is 109 cm³/mol. The number of anilines is 1. The number of aromatic nitrogens is 1. The highest BCUT2D eigenvalue weighted by atomic mass is 16.5. The number of benzene rings is 2. The van der Waals surface area contributed by atoms with Crippen LogP contribution in [0.1, 0.15) is 30.5 Å². The van der Waals surface area contributed by atoms with Gasteiger partial charge in [0.2, 0.25) is 0 Å². The molecule has 1 saturated heterocycles. The second-order valence-electron chi connectivity index (χ2n) is 7.20. The van der Waals surface area contributed by atoms with E-state index in [0.717, 1.165) is 40.9 Å². The van der Waals surface area contributed by atoms with Gasteiger partial charge in [-0.1, -0.05) is 36.4 Å². The number of Topliss-reactive ketones (excluding diaryl/α,β-unsaturated/α-hetero) is 1. The van der Waals surface area contributed by atoms with Gasteiger partial charge in [0.05, 0.1) is 6.42 Å². The number of ether oxygens (including phenoxy) is 1. The van der Waals surface area contributed by atoms with Gasteiger partial charge in [0.25, 0.3) is 0 Å². The second-order valence-corrected chi connectivity index (χ2v) is 7.20. The number of carbonyl (C=O) groups excluding carboxylic acids is 2. The van der Waals surface area contributed by atoms with Gasteiger partial charge in [-0.25, -0.2) is 0 Å². The van der Waals surface area contributed by atoms with Crippen molar-refractivity contribution in [2.24, 2.45) is 0 Å². The number of nitrogens with one attached hydrogen (secondary N) is 1. The molecule has 2 aromatic carbocycles. The van der Waals surface area contributed by atoms with E-state index in [1.165, 1.54) is 0 Å². The quantitative estimate of drug-likeness (QED) is 0.660. The number of ketones is 1. The Balaban J connectivity index is 1.38. The van der Waals surface area contributed by atoms with Crippen LogP contribution in [0.5, 0.6) is 0 Å². The smallest absolute Gasteiger partial charge is 0.306 e. The zero-order chi connectivity index (χ0) is 19.3. The highest BCUT2D eigenvalue weighted by molar-refractivity contribution is 5.94. The summed E-state index contributed by atoms with van der Waals surface area (Å²) in [5.74, 6) is 0.143. The van der Waals surface area contributed by atoms with Crippen molar-refractivity contribution >= 4 is 28.3 Å². The highest BCUT2D eigenvalue weighted by Crippen LogP contribution is 2.29. The minimum absolute atomic E-state index is 0.197. The Kier molecular flexibility index (Phi) is 5.42. The van der Waals surface area contributed by atoms with Gasteiger partial charge in [-0.05, 0) is 30.2 Å². The number of rotatable bonds is 6. The summed E-state index contributed by atoms with van der Waals surface area (Å²) in [6, 6.07) is 18.0. The van der Waals surface area contributed by atoms with Crippen molar-refractivity contribution in [3.05, 3.63) is 65.9 Å². The number of H-pyrrole nitrogens is 1. The SMILES string of the molecule is O=C1CCN(c2cccc3[nH]c(CCC(=O)OCc4ccccc4)cc23)CC1. The van der Waals surface area contributed by atoms with E-state index in [2.05, 4.69) is 22.0 Å². The number of fused-ring (bicyclic) bond motifs is 1. The molecule has 0 atom stereocenters. The summed E-state index contributed by atoms with van der Waals surface area (Å²) in [6.45, 7) is 1.85. The first-order valence-electron chi connectivity index (χ1n) is 9.76. The van der Waals surface area contributed by atoms with Crippen molar-refractivity contribution in [1.82, 2.24) is 4.98 Å². The van der Waals surface area contributed by atoms with Gasteiger partial charge in [0.15, 0.2) is 0 Å². The molecular weight excluding hydrogens is 352 g/mol. The lowest BCUT2D eigenvalue weighted by Gasteiger charge is -2.28. The predicted octanol–water partition coefficient (Wildman–Crippen LogP) is 4.01. The molecule has 2 heterocycles. The summed E-state index contributed by atoms with van der Waals surface area (Å²) < 4.78 is 5.36. The number of carbonyl (C=O) groups is 2. The molecule has 144 valence electrons. The normalized spacial score (nSPS) is 14.4. The third-order valence-corrected chi connectivity index (χ3v) is 5.20. The minimum atomic E-state index is -0.197. The monoisotopic (exact) mass is 376 g/mol. The fraction of sp³-hybridized carbons (Fsp3) is 0.304. The van der Waals surface area contributed by atoms with Crippen molar-refractivity contribution in [3.63, 3.8) is 0 Å². The molecule has 1 aliphatic heterocycles. The fourth-order valence-electron chi connectivity index (χ4n) is 3.65. The molecule has 0 radical (unpaired) electrons. The zero-order valence-corrected chi connectivity index (χ0v) is 15.8. The number of piperidine rings is 1. The molecular formula is C23H24N2O3. The molecule has 1 aromatic heterocycles. The third-order valence-electron chi connectivity index (χ3n) is 5.20. The number of nitrogens with zero attached hydrogens (tertiary/aromatic N) is 1. The minimum Gasteiger partial charge on any atom is -0.461 e. The molecule has 0 bridgehead atoms. The summed E-state index contributed by atoms with van der Waals surface area (Å²) >= 11 is 0. The molecule has 4 rings (SSSR count). The van der Waals surface area contributed by atoms with E-state index >= 15 is 0 Å². The van der Waals surface area contributed by atoms with E-state index in [9.17, 15) is 9.59 Å². The molecule has 5 heteroatoms. The van der Waals surface area contributed by atoms with E-state index in [-0.39, 0.29) is 5.97 Å². The molecule has 3 aromatic rings. The lowest BCUT2D eigenvalue weighted by Crippen LogP contribution is -2.33. The first-order valence-corrected chi connectivity index (χ1v) is 9.76. The maximum absolute atomic E-state index is 12.1. The fourth-order valence-corrected chi connectivity index (χ4v) is 3.65. The van der Waals surface area contributed by atoms with Crippen LogP contribution in [-0.2, 0) is 27.4 Å². The first kappa shape index (κ1) is 18.3. The van der Waals surface area contributed by atoms with Gasteiger partial charge >= 0.3 is 5.97 Å². The third kappa shape index (κ3) is 4.25. The van der Waals surface area contributed by atoms with Gasteiger partial charge in [-0.3, -0.25) is 9.59 Å². The van der Waals surface area contributed by atoms with E-state index in [4.69, 9.17) is 4.74 Å². The van der Waals surface area contributed by atoms with Crippen LogP contribution < -0.4 is 4.90 Å². The molecule has 1 N–H and O–H groups in total. The van der Waals surface area contributed by atoms with Crippen LogP contribution >= 0.6 is 0 Å². The van der Waals surface area contributed by atoms with Crippen molar-refractivity contribution in [2.75, 3.05) is 18.0 Å². The van der Waals surface area contributed by atoms with Crippen LogP contribution in [0.2, 0.25) is 0 Å². The second kappa shape index (κ2) is 8.30. The largest absolute Gasteiger partial charge is 0.461 e. The topological polar surface area (TPSA) is 62.4 Å². The summed E-state index contributed by atoms with van der Waals surface area (Å²) in [5, 5.41) is 1.14. The Morgan fingerprint density at radius 3 is 2.61 bits per heavy atom. The van der Waals surface area contributed by atoms with Crippen LogP contribution in [0.25, 0.3) is 10.9 Å². The van der Waals surface area contributed by atoms with Crippen LogP contribution in [0.15, 0.2) is 54.6 Å². The van der Waals surface area contributed by atoms with Crippen LogP contribution in [0, 0.1) is 0 Å². The molecule has 0 aliphatic carbocycles. The summed E-state index contributed by atoms with van der Waals surface area (Å²) in [5.41, 5.74) is 4.22. The van der Waals surface area contributed by atoms with Crippen molar-refractivity contribution in [2.45, 2.75) is 32.3 Å². The molecule has 0 amide bonds. The number of aryl methyl sites for hydroxylation is 1. The number of hydrogen-bond donors (Lipinski definition) is 1. The maximum Gasteiger partial charge on any atom is 0.306 e. The Morgan fingerprint density at radius 2 is 1.82 bits per heavy atom. The molecule has 5 nitrogen and oxygen atoms in total. The van der Waals surface area contributed by atoms with E-state index in [1.807, 2.05) is 42.5 Å². The van der Waals surface area contributed by atoms with Gasteiger partial charge in [-0.2, -0.15) is 0 Å². The average molecular weight is 376 g/mol. The van der Waals surface area contributed by atoms with Crippen LogP contribution in [-0.4, -0.2) is 29.8 Å². The molecule has 0 saturated carbocycles. The maximum atomic E-state index is 12.1. The summed E-state index contributed by atoms with van der Waals surface area (Å²) in [7, 11) is 0. The van der Waals surface area contributed by atoms with E-state index < -0.39 is 0 Å². The summed E-state index contributed by atoms with van der Waals surface area (Å²) in [6.07, 6.45) is 2.18. The lowest BCUT2D eigenvalue weighted by atomic mass is 10.1. The van der Waals surface area contributed by atoms with Crippen LogP contribution in [0.4, 0.5) is 5.69 Å². The number of esters is 1.